The number of aromatic nitrogens is 1. The quantitative estimate of drug-likeness (QED) is 0.533. The van der Waals surface area contributed by atoms with Crippen LogP contribution in [0.3, 0.4) is 0 Å². The molecule has 7 heteroatoms. The lowest BCUT2D eigenvalue weighted by Crippen LogP contribution is -2.46. The van der Waals surface area contributed by atoms with Crippen LogP contribution in [0.5, 0.6) is 0 Å². The molecule has 4 nitrogen and oxygen atoms in total. The predicted octanol–water partition coefficient (Wildman–Crippen LogP) is 4.35. The maximum atomic E-state index is 13.8. The summed E-state index contributed by atoms with van der Waals surface area (Å²) in [6.07, 6.45) is 1.43. The smallest absolute Gasteiger partial charge is 0.159 e. The fourth-order valence-electron chi connectivity index (χ4n) is 3.68. The number of nitrogens with zero attached hydrogens (tertiary/aromatic N) is 3. The fraction of sp³-hybridized carbons (Fsp3) is 0.348. The third-order valence-corrected chi connectivity index (χ3v) is 6.11. The van der Waals surface area contributed by atoms with Gasteiger partial charge in [0.2, 0.25) is 0 Å². The minimum Gasteiger partial charge on any atom is -0.367 e. The largest absolute Gasteiger partial charge is 0.367 e. The van der Waals surface area contributed by atoms with Gasteiger partial charge in [0.15, 0.2) is 11.6 Å². The first-order valence-corrected chi connectivity index (χ1v) is 11.0. The summed E-state index contributed by atoms with van der Waals surface area (Å²) in [5.41, 5.74) is 1.55. The Bertz CT molecular complexity index is 915. The van der Waals surface area contributed by atoms with Gasteiger partial charge in [-0.05, 0) is 23.3 Å². The molecule has 0 radical (unpaired) electrons. The van der Waals surface area contributed by atoms with Gasteiger partial charge in [-0.3, -0.25) is 9.80 Å². The zero-order chi connectivity index (χ0) is 20.8. The highest BCUT2D eigenvalue weighted by Gasteiger charge is 2.20. The van der Waals surface area contributed by atoms with Gasteiger partial charge in [0, 0.05) is 44.3 Å². The maximum Gasteiger partial charge on any atom is 0.159 e. The van der Waals surface area contributed by atoms with Gasteiger partial charge in [-0.1, -0.05) is 36.4 Å². The summed E-state index contributed by atoms with van der Waals surface area (Å²) < 4.78 is 33.3. The van der Waals surface area contributed by atoms with E-state index in [0.29, 0.717) is 12.2 Å². The fourth-order valence-corrected chi connectivity index (χ4v) is 4.34. The number of halogens is 2. The Morgan fingerprint density at radius 2 is 1.70 bits per heavy atom. The third kappa shape index (κ3) is 5.49. The molecule has 1 saturated heterocycles. The Balaban J connectivity index is 1.31. The number of hydrogen-bond donors (Lipinski definition) is 0. The van der Waals surface area contributed by atoms with Crippen LogP contribution < -0.4 is 0 Å². The number of ether oxygens (including phenoxy) is 1. The normalized spacial score (nSPS) is 16.6. The lowest BCUT2D eigenvalue weighted by molar-refractivity contribution is 0.0440. The van der Waals surface area contributed by atoms with Crippen molar-refractivity contribution in [3.05, 3.63) is 87.9 Å². The molecule has 0 amide bonds. The van der Waals surface area contributed by atoms with Gasteiger partial charge in [0.1, 0.15) is 11.1 Å². The summed E-state index contributed by atoms with van der Waals surface area (Å²) in [5, 5.41) is 3.17. The Kier molecular flexibility index (Phi) is 7.17. The molecule has 158 valence electrons. The molecule has 2 heterocycles. The Labute approximate surface area is 179 Å². The highest BCUT2D eigenvalue weighted by Crippen LogP contribution is 2.27. The van der Waals surface area contributed by atoms with E-state index >= 15 is 0 Å². The van der Waals surface area contributed by atoms with Crippen molar-refractivity contribution >= 4 is 11.3 Å². The molecular formula is C23H25F2N3OS. The van der Waals surface area contributed by atoms with Crippen molar-refractivity contribution in [2.24, 2.45) is 0 Å². The van der Waals surface area contributed by atoms with Crippen molar-refractivity contribution in [3.63, 3.8) is 0 Å². The van der Waals surface area contributed by atoms with E-state index in [1.54, 1.807) is 17.4 Å². The molecule has 3 aromatic rings. The summed E-state index contributed by atoms with van der Waals surface area (Å²) in [6.45, 7) is 6.21. The molecule has 0 aliphatic carbocycles. The first-order chi connectivity index (χ1) is 14.7. The van der Waals surface area contributed by atoms with Crippen LogP contribution in [0, 0.1) is 11.6 Å². The monoisotopic (exact) mass is 429 g/mol. The van der Waals surface area contributed by atoms with Crippen molar-refractivity contribution in [1.29, 1.82) is 0 Å². The average Bonchev–Trinajstić information content (AvgIpc) is 3.28. The van der Waals surface area contributed by atoms with Crippen molar-refractivity contribution in [2.45, 2.75) is 12.6 Å². The number of hydrogen-bond acceptors (Lipinski definition) is 5. The maximum absolute atomic E-state index is 13.8. The number of benzene rings is 2. The molecule has 4 rings (SSSR count). The van der Waals surface area contributed by atoms with Gasteiger partial charge in [0.25, 0.3) is 0 Å². The standard InChI is InChI=1S/C23H25F2N3OS/c24-20-7-6-19(16-21(20)25)23(18-4-2-1-3-5-18)29-14-13-27-9-11-28(12-10-27)17-22-26-8-15-30-22/h1-8,15-16,23H,9-14,17H2. The second-order valence-corrected chi connectivity index (χ2v) is 8.36. The van der Waals surface area contributed by atoms with Crippen LogP contribution in [0.15, 0.2) is 60.1 Å². The molecule has 1 aromatic heterocycles. The lowest BCUT2D eigenvalue weighted by Gasteiger charge is -2.34. The molecule has 0 N–H and O–H groups in total. The van der Waals surface area contributed by atoms with Gasteiger partial charge < -0.3 is 4.74 Å². The Hall–Kier alpha value is -2.19. The van der Waals surface area contributed by atoms with Gasteiger partial charge in [-0.25, -0.2) is 13.8 Å². The topological polar surface area (TPSA) is 28.6 Å². The predicted molar refractivity (Wildman–Crippen MR) is 114 cm³/mol. The third-order valence-electron chi connectivity index (χ3n) is 5.35. The highest BCUT2D eigenvalue weighted by atomic mass is 32.1. The second kappa shape index (κ2) is 10.2. The van der Waals surface area contributed by atoms with Crippen molar-refractivity contribution in [1.82, 2.24) is 14.8 Å². The molecule has 1 fully saturated rings. The van der Waals surface area contributed by atoms with Crippen LogP contribution in [0.1, 0.15) is 22.2 Å². The van der Waals surface area contributed by atoms with Crippen molar-refractivity contribution in [2.75, 3.05) is 39.3 Å². The van der Waals surface area contributed by atoms with E-state index in [-0.39, 0.29) is 0 Å². The van der Waals surface area contributed by atoms with E-state index in [1.165, 1.54) is 6.07 Å². The molecule has 1 aliphatic rings. The summed E-state index contributed by atoms with van der Waals surface area (Å²) in [6, 6.07) is 13.6. The molecule has 2 aromatic carbocycles. The molecule has 1 atom stereocenters. The minimum absolute atomic E-state index is 0.424. The first kappa shape index (κ1) is 21.1. The first-order valence-electron chi connectivity index (χ1n) is 10.1. The van der Waals surface area contributed by atoms with E-state index in [9.17, 15) is 8.78 Å². The SMILES string of the molecule is Fc1ccc(C(OCCN2CCN(Cc3nccs3)CC2)c2ccccc2)cc1F. The van der Waals surface area contributed by atoms with Crippen LogP contribution in [-0.4, -0.2) is 54.1 Å². The van der Waals surface area contributed by atoms with Gasteiger partial charge in [-0.15, -0.1) is 11.3 Å². The van der Waals surface area contributed by atoms with Gasteiger partial charge >= 0.3 is 0 Å². The van der Waals surface area contributed by atoms with E-state index in [4.69, 9.17) is 4.74 Å². The molecule has 30 heavy (non-hydrogen) atoms. The van der Waals surface area contributed by atoms with Crippen LogP contribution in [-0.2, 0) is 11.3 Å². The Morgan fingerprint density at radius 3 is 2.40 bits per heavy atom. The number of rotatable bonds is 8. The van der Waals surface area contributed by atoms with Crippen molar-refractivity contribution in [3.8, 4) is 0 Å². The van der Waals surface area contributed by atoms with E-state index in [0.717, 1.165) is 55.9 Å². The molecular weight excluding hydrogens is 404 g/mol. The zero-order valence-corrected chi connectivity index (χ0v) is 17.5. The van der Waals surface area contributed by atoms with E-state index < -0.39 is 17.7 Å². The molecule has 0 saturated carbocycles. The second-order valence-electron chi connectivity index (χ2n) is 7.38. The molecule has 0 spiro atoms. The highest BCUT2D eigenvalue weighted by molar-refractivity contribution is 7.09. The van der Waals surface area contributed by atoms with Crippen LogP contribution in [0.2, 0.25) is 0 Å². The summed E-state index contributed by atoms with van der Waals surface area (Å²) in [7, 11) is 0. The Morgan fingerprint density at radius 1 is 0.933 bits per heavy atom. The summed E-state index contributed by atoms with van der Waals surface area (Å²) in [5.74, 6) is -1.70. The molecule has 0 bridgehead atoms. The zero-order valence-electron chi connectivity index (χ0n) is 16.7. The van der Waals surface area contributed by atoms with Crippen molar-refractivity contribution < 1.29 is 13.5 Å². The summed E-state index contributed by atoms with van der Waals surface area (Å²) in [4.78, 5) is 9.16. The van der Waals surface area contributed by atoms with Crippen LogP contribution in [0.4, 0.5) is 8.78 Å². The minimum atomic E-state index is -0.853. The summed E-state index contributed by atoms with van der Waals surface area (Å²) >= 11 is 1.70. The molecule has 1 unspecified atom stereocenters. The lowest BCUT2D eigenvalue weighted by atomic mass is 10.0. The van der Waals surface area contributed by atoms with E-state index in [2.05, 4.69) is 14.8 Å². The average molecular weight is 430 g/mol. The van der Waals surface area contributed by atoms with E-state index in [1.807, 2.05) is 41.9 Å². The van der Waals surface area contributed by atoms with Gasteiger partial charge in [-0.2, -0.15) is 0 Å². The van der Waals surface area contributed by atoms with Crippen LogP contribution in [0.25, 0.3) is 0 Å². The number of thiazole rings is 1. The molecule has 1 aliphatic heterocycles. The van der Waals surface area contributed by atoms with Crippen LogP contribution >= 0.6 is 11.3 Å². The number of piperazine rings is 1. The van der Waals surface area contributed by atoms with Gasteiger partial charge in [0.05, 0.1) is 13.2 Å².